The molecule has 1 atom stereocenters. The number of anilines is 2. The van der Waals surface area contributed by atoms with Crippen LogP contribution in [0, 0.1) is 5.82 Å². The third-order valence-electron chi connectivity index (χ3n) is 2.43. The number of halogens is 2. The van der Waals surface area contributed by atoms with Crippen molar-refractivity contribution in [1.29, 1.82) is 0 Å². The van der Waals surface area contributed by atoms with Gasteiger partial charge in [-0.3, -0.25) is 0 Å². The van der Waals surface area contributed by atoms with Crippen LogP contribution in [0.5, 0.6) is 0 Å². The Morgan fingerprint density at radius 3 is 2.88 bits per heavy atom. The van der Waals surface area contributed by atoms with Gasteiger partial charge in [0.05, 0.1) is 28.7 Å². The highest BCUT2D eigenvalue weighted by atomic mass is 35.5. The molecule has 90 valence electrons. The van der Waals surface area contributed by atoms with E-state index < -0.39 is 5.82 Å². The van der Waals surface area contributed by atoms with E-state index in [0.717, 1.165) is 5.76 Å². The SMILES string of the molecule is CC(Nc1cc(F)c(Cl)cc1N)c1ccco1. The van der Waals surface area contributed by atoms with Crippen LogP contribution in [-0.2, 0) is 0 Å². The largest absolute Gasteiger partial charge is 0.467 e. The summed E-state index contributed by atoms with van der Waals surface area (Å²) in [5, 5.41) is 3.08. The van der Waals surface area contributed by atoms with Crippen molar-refractivity contribution in [3.8, 4) is 0 Å². The lowest BCUT2D eigenvalue weighted by atomic mass is 10.2. The van der Waals surface area contributed by atoms with Crippen molar-refractivity contribution in [2.24, 2.45) is 0 Å². The van der Waals surface area contributed by atoms with Crippen molar-refractivity contribution in [3.63, 3.8) is 0 Å². The third kappa shape index (κ3) is 2.53. The zero-order chi connectivity index (χ0) is 12.4. The fourth-order valence-corrected chi connectivity index (χ4v) is 1.70. The molecule has 3 N–H and O–H groups in total. The van der Waals surface area contributed by atoms with E-state index in [4.69, 9.17) is 21.8 Å². The van der Waals surface area contributed by atoms with Gasteiger partial charge in [0.15, 0.2) is 0 Å². The van der Waals surface area contributed by atoms with Crippen LogP contribution in [0.1, 0.15) is 18.7 Å². The number of hydrogen-bond acceptors (Lipinski definition) is 3. The standard InChI is InChI=1S/C12H12ClFN2O/c1-7(12-3-2-4-17-12)16-11-6-9(14)8(13)5-10(11)15/h2-7,16H,15H2,1H3. The summed E-state index contributed by atoms with van der Waals surface area (Å²) in [5.74, 6) is 0.245. The summed E-state index contributed by atoms with van der Waals surface area (Å²) in [5.41, 5.74) is 6.64. The van der Waals surface area contributed by atoms with Gasteiger partial charge in [0.25, 0.3) is 0 Å². The maximum atomic E-state index is 13.3. The van der Waals surface area contributed by atoms with Crippen molar-refractivity contribution < 1.29 is 8.81 Å². The van der Waals surface area contributed by atoms with Gasteiger partial charge in [0.1, 0.15) is 11.6 Å². The Balaban J connectivity index is 2.22. The first kappa shape index (κ1) is 11.8. The molecule has 0 aliphatic rings. The number of hydrogen-bond donors (Lipinski definition) is 2. The van der Waals surface area contributed by atoms with Gasteiger partial charge >= 0.3 is 0 Å². The van der Waals surface area contributed by atoms with E-state index in [2.05, 4.69) is 5.32 Å². The maximum absolute atomic E-state index is 13.3. The van der Waals surface area contributed by atoms with E-state index in [0.29, 0.717) is 11.4 Å². The molecule has 1 aromatic carbocycles. The molecule has 2 aromatic rings. The quantitative estimate of drug-likeness (QED) is 0.819. The van der Waals surface area contributed by atoms with Gasteiger partial charge in [0, 0.05) is 6.07 Å². The van der Waals surface area contributed by atoms with E-state index in [-0.39, 0.29) is 11.1 Å². The van der Waals surface area contributed by atoms with E-state index in [1.807, 2.05) is 13.0 Å². The van der Waals surface area contributed by atoms with Crippen LogP contribution in [0.4, 0.5) is 15.8 Å². The van der Waals surface area contributed by atoms with Crippen LogP contribution >= 0.6 is 11.6 Å². The summed E-state index contributed by atoms with van der Waals surface area (Å²) < 4.78 is 18.5. The molecule has 5 heteroatoms. The summed E-state index contributed by atoms with van der Waals surface area (Å²) in [6, 6.07) is 6.18. The number of benzene rings is 1. The second-order valence-corrected chi connectivity index (χ2v) is 4.14. The normalized spacial score (nSPS) is 12.4. The van der Waals surface area contributed by atoms with Gasteiger partial charge in [-0.05, 0) is 25.1 Å². The van der Waals surface area contributed by atoms with E-state index in [1.165, 1.54) is 12.1 Å². The van der Waals surface area contributed by atoms with E-state index in [9.17, 15) is 4.39 Å². The molecule has 17 heavy (non-hydrogen) atoms. The lowest BCUT2D eigenvalue weighted by molar-refractivity contribution is 0.490. The summed E-state index contributed by atoms with van der Waals surface area (Å²) in [7, 11) is 0. The van der Waals surface area contributed by atoms with Gasteiger partial charge < -0.3 is 15.5 Å². The third-order valence-corrected chi connectivity index (χ3v) is 2.72. The van der Waals surface area contributed by atoms with Crippen LogP contribution in [0.3, 0.4) is 0 Å². The lowest BCUT2D eigenvalue weighted by Gasteiger charge is -2.15. The second kappa shape index (κ2) is 4.67. The highest BCUT2D eigenvalue weighted by molar-refractivity contribution is 6.31. The Hall–Kier alpha value is -1.68. The molecule has 0 fully saturated rings. The topological polar surface area (TPSA) is 51.2 Å². The minimum absolute atomic E-state index is 0.0127. The fraction of sp³-hybridized carbons (Fsp3) is 0.167. The number of rotatable bonds is 3. The minimum Gasteiger partial charge on any atom is -0.467 e. The van der Waals surface area contributed by atoms with Crippen LogP contribution < -0.4 is 11.1 Å². The van der Waals surface area contributed by atoms with E-state index in [1.54, 1.807) is 12.3 Å². The second-order valence-electron chi connectivity index (χ2n) is 3.74. The molecule has 0 amide bonds. The molecule has 1 aromatic heterocycles. The van der Waals surface area contributed by atoms with Gasteiger partial charge in [0.2, 0.25) is 0 Å². The first-order valence-electron chi connectivity index (χ1n) is 5.12. The van der Waals surface area contributed by atoms with Gasteiger partial charge in [-0.25, -0.2) is 4.39 Å². The van der Waals surface area contributed by atoms with Crippen molar-refractivity contribution in [2.45, 2.75) is 13.0 Å². The highest BCUT2D eigenvalue weighted by Crippen LogP contribution is 2.29. The zero-order valence-electron chi connectivity index (χ0n) is 9.21. The zero-order valence-corrected chi connectivity index (χ0v) is 9.96. The Morgan fingerprint density at radius 2 is 2.24 bits per heavy atom. The monoisotopic (exact) mass is 254 g/mol. The van der Waals surface area contributed by atoms with Gasteiger partial charge in [-0.2, -0.15) is 0 Å². The highest BCUT2D eigenvalue weighted by Gasteiger charge is 2.11. The summed E-state index contributed by atoms with van der Waals surface area (Å²) in [6.07, 6.45) is 1.58. The molecule has 0 bridgehead atoms. The Kier molecular flexibility index (Phi) is 3.24. The summed E-state index contributed by atoms with van der Waals surface area (Å²) in [4.78, 5) is 0. The van der Waals surface area contributed by atoms with Crippen molar-refractivity contribution in [1.82, 2.24) is 0 Å². The molecule has 1 heterocycles. The molecule has 3 nitrogen and oxygen atoms in total. The molecular formula is C12H12ClFN2O. The van der Waals surface area contributed by atoms with Crippen LogP contribution in [0.2, 0.25) is 5.02 Å². The average Bonchev–Trinajstić information content (AvgIpc) is 2.79. The minimum atomic E-state index is -0.505. The number of nitrogens with one attached hydrogen (secondary N) is 1. The molecule has 0 saturated carbocycles. The predicted octanol–water partition coefficient (Wildman–Crippen LogP) is 3.83. The first-order valence-corrected chi connectivity index (χ1v) is 5.50. The van der Waals surface area contributed by atoms with E-state index >= 15 is 0 Å². The summed E-state index contributed by atoms with van der Waals surface area (Å²) in [6.45, 7) is 1.89. The number of nitrogens with two attached hydrogens (primary N) is 1. The molecule has 0 spiro atoms. The molecular weight excluding hydrogens is 243 g/mol. The Labute approximate surface area is 103 Å². The van der Waals surface area contributed by atoms with Crippen LogP contribution in [0.25, 0.3) is 0 Å². The predicted molar refractivity (Wildman–Crippen MR) is 66.6 cm³/mol. The molecule has 2 rings (SSSR count). The van der Waals surface area contributed by atoms with Gasteiger partial charge in [-0.1, -0.05) is 11.6 Å². The molecule has 0 saturated heterocycles. The first-order chi connectivity index (χ1) is 8.08. The fourth-order valence-electron chi connectivity index (χ4n) is 1.53. The maximum Gasteiger partial charge on any atom is 0.143 e. The molecule has 1 unspecified atom stereocenters. The Morgan fingerprint density at radius 1 is 1.47 bits per heavy atom. The Bertz CT molecular complexity index is 513. The summed E-state index contributed by atoms with van der Waals surface area (Å²) >= 11 is 5.62. The smallest absolute Gasteiger partial charge is 0.143 e. The van der Waals surface area contributed by atoms with Gasteiger partial charge in [-0.15, -0.1) is 0 Å². The van der Waals surface area contributed by atoms with Crippen LogP contribution in [-0.4, -0.2) is 0 Å². The van der Waals surface area contributed by atoms with Crippen molar-refractivity contribution >= 4 is 23.0 Å². The molecule has 0 aliphatic heterocycles. The molecule has 0 radical (unpaired) electrons. The molecule has 0 aliphatic carbocycles. The number of nitrogen functional groups attached to an aromatic ring is 1. The van der Waals surface area contributed by atoms with Crippen molar-refractivity contribution in [3.05, 3.63) is 47.1 Å². The van der Waals surface area contributed by atoms with Crippen molar-refractivity contribution in [2.75, 3.05) is 11.1 Å². The average molecular weight is 255 g/mol. The lowest BCUT2D eigenvalue weighted by Crippen LogP contribution is -2.08. The van der Waals surface area contributed by atoms with Crippen LogP contribution in [0.15, 0.2) is 34.9 Å². The number of furan rings is 1.